The van der Waals surface area contributed by atoms with Crippen LogP contribution in [0, 0.1) is 5.82 Å². The molecule has 0 aliphatic rings. The zero-order chi connectivity index (χ0) is 10.8. The molecule has 1 aromatic heterocycles. The van der Waals surface area contributed by atoms with Gasteiger partial charge in [0.15, 0.2) is 5.82 Å². The maximum absolute atomic E-state index is 13.1. The van der Waals surface area contributed by atoms with Crippen molar-refractivity contribution in [3.8, 4) is 11.4 Å². The summed E-state index contributed by atoms with van der Waals surface area (Å²) in [4.78, 5) is 0. The molecule has 0 aliphatic carbocycles. The molecule has 0 radical (unpaired) electrons. The number of aromatic nitrogens is 4. The van der Waals surface area contributed by atoms with E-state index in [0.29, 0.717) is 17.9 Å². The minimum atomic E-state index is -0.329. The summed E-state index contributed by atoms with van der Waals surface area (Å²) in [6.07, 6.45) is 0. The summed E-state index contributed by atoms with van der Waals surface area (Å²) in [5.41, 5.74) is 7.00. The normalized spacial score (nSPS) is 10.6. The largest absolute Gasteiger partial charge is 0.326 e. The molecule has 2 rings (SSSR count). The minimum Gasteiger partial charge on any atom is -0.326 e. The maximum Gasteiger partial charge on any atom is 0.182 e. The summed E-state index contributed by atoms with van der Waals surface area (Å²) in [7, 11) is 1.69. The van der Waals surface area contributed by atoms with E-state index in [9.17, 15) is 4.39 Å². The van der Waals surface area contributed by atoms with E-state index in [4.69, 9.17) is 5.73 Å². The fraction of sp³-hybridized carbons (Fsp3) is 0.222. The first kappa shape index (κ1) is 9.72. The SMILES string of the molecule is Cn1nnnc1-c1cc(F)ccc1CN. The Labute approximate surface area is 85.7 Å². The highest BCUT2D eigenvalue weighted by molar-refractivity contribution is 5.59. The van der Waals surface area contributed by atoms with Gasteiger partial charge in [-0.05, 0) is 28.1 Å². The average Bonchev–Trinajstić information content (AvgIpc) is 2.64. The lowest BCUT2D eigenvalue weighted by atomic mass is 10.1. The van der Waals surface area contributed by atoms with E-state index < -0.39 is 0 Å². The highest BCUT2D eigenvalue weighted by atomic mass is 19.1. The van der Waals surface area contributed by atoms with Crippen molar-refractivity contribution in [1.29, 1.82) is 0 Å². The van der Waals surface area contributed by atoms with Gasteiger partial charge in [-0.1, -0.05) is 6.07 Å². The molecule has 0 aliphatic heterocycles. The Bertz CT molecular complexity index is 479. The molecule has 2 aromatic rings. The van der Waals surface area contributed by atoms with Crippen molar-refractivity contribution in [3.05, 3.63) is 29.6 Å². The number of benzene rings is 1. The summed E-state index contributed by atoms with van der Waals surface area (Å²) in [6, 6.07) is 4.39. The van der Waals surface area contributed by atoms with Crippen molar-refractivity contribution < 1.29 is 4.39 Å². The van der Waals surface area contributed by atoms with Crippen LogP contribution >= 0.6 is 0 Å². The third-order valence-corrected chi connectivity index (χ3v) is 2.15. The molecular formula is C9H10FN5. The zero-order valence-electron chi connectivity index (χ0n) is 8.18. The molecule has 1 heterocycles. The van der Waals surface area contributed by atoms with Crippen LogP contribution in [0.4, 0.5) is 4.39 Å². The number of rotatable bonds is 2. The van der Waals surface area contributed by atoms with Crippen molar-refractivity contribution in [2.45, 2.75) is 6.54 Å². The lowest BCUT2D eigenvalue weighted by Crippen LogP contribution is -2.03. The summed E-state index contributed by atoms with van der Waals surface area (Å²) in [6.45, 7) is 0.322. The molecule has 0 saturated heterocycles. The molecule has 15 heavy (non-hydrogen) atoms. The van der Waals surface area contributed by atoms with Gasteiger partial charge in [0.2, 0.25) is 0 Å². The second kappa shape index (κ2) is 3.74. The van der Waals surface area contributed by atoms with Gasteiger partial charge >= 0.3 is 0 Å². The maximum atomic E-state index is 13.1. The van der Waals surface area contributed by atoms with Gasteiger partial charge in [-0.2, -0.15) is 0 Å². The monoisotopic (exact) mass is 207 g/mol. The van der Waals surface area contributed by atoms with Crippen LogP contribution < -0.4 is 5.73 Å². The molecule has 0 saturated carbocycles. The van der Waals surface area contributed by atoms with Gasteiger partial charge < -0.3 is 5.73 Å². The van der Waals surface area contributed by atoms with E-state index in [1.807, 2.05) is 0 Å². The van der Waals surface area contributed by atoms with Gasteiger partial charge in [0, 0.05) is 19.2 Å². The number of nitrogens with zero attached hydrogens (tertiary/aromatic N) is 4. The predicted molar refractivity (Wildman–Crippen MR) is 52.1 cm³/mol. The molecule has 78 valence electrons. The molecular weight excluding hydrogens is 197 g/mol. The molecule has 2 N–H and O–H groups in total. The highest BCUT2D eigenvalue weighted by Crippen LogP contribution is 2.21. The fourth-order valence-electron chi connectivity index (χ4n) is 1.39. The highest BCUT2D eigenvalue weighted by Gasteiger charge is 2.11. The van der Waals surface area contributed by atoms with Gasteiger partial charge in [0.25, 0.3) is 0 Å². The van der Waals surface area contributed by atoms with E-state index in [2.05, 4.69) is 15.5 Å². The number of hydrogen-bond acceptors (Lipinski definition) is 4. The Morgan fingerprint density at radius 3 is 2.87 bits per heavy atom. The Morgan fingerprint density at radius 2 is 2.27 bits per heavy atom. The lowest BCUT2D eigenvalue weighted by Gasteiger charge is -2.05. The Morgan fingerprint density at radius 1 is 1.47 bits per heavy atom. The van der Waals surface area contributed by atoms with E-state index in [-0.39, 0.29) is 5.82 Å². The second-order valence-electron chi connectivity index (χ2n) is 3.13. The van der Waals surface area contributed by atoms with Crippen LogP contribution in [0.1, 0.15) is 5.56 Å². The molecule has 5 nitrogen and oxygen atoms in total. The van der Waals surface area contributed by atoms with E-state index in [1.165, 1.54) is 16.8 Å². The molecule has 0 amide bonds. The van der Waals surface area contributed by atoms with Gasteiger partial charge in [-0.15, -0.1) is 5.10 Å². The van der Waals surface area contributed by atoms with Crippen molar-refractivity contribution >= 4 is 0 Å². The molecule has 0 spiro atoms. The van der Waals surface area contributed by atoms with Gasteiger partial charge in [0.1, 0.15) is 5.82 Å². The first-order valence-electron chi connectivity index (χ1n) is 4.43. The molecule has 0 unspecified atom stereocenters. The predicted octanol–water partition coefficient (Wildman–Crippen LogP) is 0.475. The van der Waals surface area contributed by atoms with E-state index in [1.54, 1.807) is 13.1 Å². The lowest BCUT2D eigenvalue weighted by molar-refractivity contribution is 0.627. The molecule has 0 bridgehead atoms. The van der Waals surface area contributed by atoms with Crippen LogP contribution in [0.5, 0.6) is 0 Å². The quantitative estimate of drug-likeness (QED) is 0.777. The van der Waals surface area contributed by atoms with Crippen molar-refractivity contribution in [2.24, 2.45) is 12.8 Å². The van der Waals surface area contributed by atoms with Crippen molar-refractivity contribution in [2.75, 3.05) is 0 Å². The van der Waals surface area contributed by atoms with Gasteiger partial charge in [0.05, 0.1) is 0 Å². The minimum absolute atomic E-state index is 0.322. The topological polar surface area (TPSA) is 69.6 Å². The summed E-state index contributed by atoms with van der Waals surface area (Å²) in [5, 5.41) is 11.0. The average molecular weight is 207 g/mol. The van der Waals surface area contributed by atoms with Crippen molar-refractivity contribution in [1.82, 2.24) is 20.2 Å². The van der Waals surface area contributed by atoms with E-state index >= 15 is 0 Å². The summed E-state index contributed by atoms with van der Waals surface area (Å²) >= 11 is 0. The zero-order valence-corrected chi connectivity index (χ0v) is 8.18. The Kier molecular flexibility index (Phi) is 2.42. The Balaban J connectivity index is 2.60. The number of nitrogens with two attached hydrogens (primary N) is 1. The Hall–Kier alpha value is -1.82. The van der Waals surface area contributed by atoms with Crippen LogP contribution in [0.25, 0.3) is 11.4 Å². The van der Waals surface area contributed by atoms with Crippen LogP contribution in [0.3, 0.4) is 0 Å². The number of hydrogen-bond donors (Lipinski definition) is 1. The summed E-state index contributed by atoms with van der Waals surface area (Å²) < 4.78 is 14.6. The van der Waals surface area contributed by atoms with E-state index in [0.717, 1.165) is 5.56 Å². The third kappa shape index (κ3) is 1.71. The number of aryl methyl sites for hydroxylation is 1. The third-order valence-electron chi connectivity index (χ3n) is 2.15. The van der Waals surface area contributed by atoms with Gasteiger partial charge in [-0.25, -0.2) is 9.07 Å². The number of tetrazole rings is 1. The van der Waals surface area contributed by atoms with Crippen LogP contribution in [-0.4, -0.2) is 20.2 Å². The first-order valence-corrected chi connectivity index (χ1v) is 4.43. The van der Waals surface area contributed by atoms with Gasteiger partial charge in [-0.3, -0.25) is 0 Å². The molecule has 0 fully saturated rings. The fourth-order valence-corrected chi connectivity index (χ4v) is 1.39. The van der Waals surface area contributed by atoms with Crippen molar-refractivity contribution in [3.63, 3.8) is 0 Å². The molecule has 1 aromatic carbocycles. The van der Waals surface area contributed by atoms with Crippen LogP contribution in [0.2, 0.25) is 0 Å². The molecule has 0 atom stereocenters. The number of halogens is 1. The standard InChI is InChI=1S/C9H10FN5/c1-15-9(12-13-14-15)8-4-7(10)3-2-6(8)5-11/h2-4H,5,11H2,1H3. The van der Waals surface area contributed by atoms with Crippen LogP contribution in [-0.2, 0) is 13.6 Å². The smallest absolute Gasteiger partial charge is 0.182 e. The van der Waals surface area contributed by atoms with Crippen LogP contribution in [0.15, 0.2) is 18.2 Å². The first-order chi connectivity index (χ1) is 7.22. The molecule has 6 heteroatoms. The summed E-state index contributed by atoms with van der Waals surface area (Å²) in [5.74, 6) is 0.181. The second-order valence-corrected chi connectivity index (χ2v) is 3.13.